The molecule has 19 heavy (non-hydrogen) atoms. The minimum atomic E-state index is -0.00365. The number of unbranched alkanes of at least 4 members (excludes halogenated alkanes) is 1. The topological polar surface area (TPSA) is 49.3 Å². The number of carbonyl (C=O) groups is 1. The van der Waals surface area contributed by atoms with Gasteiger partial charge in [-0.2, -0.15) is 0 Å². The Morgan fingerprint density at radius 1 is 1.21 bits per heavy atom. The number of para-hydroxylation sites is 1. The van der Waals surface area contributed by atoms with Gasteiger partial charge in [0.1, 0.15) is 5.75 Å². The predicted molar refractivity (Wildman–Crippen MR) is 78.2 cm³/mol. The average Bonchev–Trinajstić information content (AvgIpc) is 2.39. The second-order valence-electron chi connectivity index (χ2n) is 5.00. The molecule has 1 atom stereocenters. The van der Waals surface area contributed by atoms with Crippen LogP contribution in [0.5, 0.6) is 5.75 Å². The van der Waals surface area contributed by atoms with E-state index < -0.39 is 0 Å². The molecular weight excluding hydrogens is 238 g/mol. The molecule has 0 radical (unpaired) electrons. The van der Waals surface area contributed by atoms with Crippen molar-refractivity contribution in [2.45, 2.75) is 58.4 Å². The van der Waals surface area contributed by atoms with Crippen LogP contribution >= 0.6 is 0 Å². The lowest BCUT2D eigenvalue weighted by molar-refractivity contribution is -0.121. The Bertz CT molecular complexity index is 390. The number of hydrogen-bond acceptors (Lipinski definition) is 2. The quantitative estimate of drug-likeness (QED) is 0.755. The average molecular weight is 263 g/mol. The Balaban J connectivity index is 2.50. The van der Waals surface area contributed by atoms with Gasteiger partial charge in [0, 0.05) is 11.6 Å². The summed E-state index contributed by atoms with van der Waals surface area (Å²) in [5, 5.41) is 12.7. The molecule has 3 nitrogen and oxygen atoms in total. The highest BCUT2D eigenvalue weighted by atomic mass is 16.3. The van der Waals surface area contributed by atoms with Gasteiger partial charge < -0.3 is 10.4 Å². The second-order valence-corrected chi connectivity index (χ2v) is 5.00. The summed E-state index contributed by atoms with van der Waals surface area (Å²) in [5.41, 5.74) is 0.686. The molecule has 0 aliphatic heterocycles. The van der Waals surface area contributed by atoms with E-state index in [0.717, 1.165) is 32.1 Å². The van der Waals surface area contributed by atoms with Crippen molar-refractivity contribution in [3.05, 3.63) is 29.8 Å². The van der Waals surface area contributed by atoms with Gasteiger partial charge in [0.2, 0.25) is 5.91 Å². The number of aromatic hydroxyl groups is 1. The number of rotatable bonds is 8. The van der Waals surface area contributed by atoms with Crippen molar-refractivity contribution in [2.24, 2.45) is 0 Å². The summed E-state index contributed by atoms with van der Waals surface area (Å²) in [5.74, 6) is 0.189. The largest absolute Gasteiger partial charge is 0.508 e. The fourth-order valence-corrected chi connectivity index (χ4v) is 2.20. The van der Waals surface area contributed by atoms with Crippen LogP contribution in [0.1, 0.15) is 51.5 Å². The van der Waals surface area contributed by atoms with Gasteiger partial charge >= 0.3 is 0 Å². The van der Waals surface area contributed by atoms with E-state index in [0.29, 0.717) is 5.56 Å². The molecule has 0 bridgehead atoms. The van der Waals surface area contributed by atoms with Crippen molar-refractivity contribution >= 4 is 5.91 Å². The number of benzene rings is 1. The van der Waals surface area contributed by atoms with Gasteiger partial charge in [-0.3, -0.25) is 4.79 Å². The molecule has 0 spiro atoms. The third-order valence-corrected chi connectivity index (χ3v) is 3.25. The number of hydrogen-bond donors (Lipinski definition) is 2. The fourth-order valence-electron chi connectivity index (χ4n) is 2.20. The van der Waals surface area contributed by atoms with Crippen LogP contribution in [-0.4, -0.2) is 17.1 Å². The van der Waals surface area contributed by atoms with Gasteiger partial charge in [0.25, 0.3) is 0 Å². The molecule has 0 aliphatic carbocycles. The summed E-state index contributed by atoms with van der Waals surface area (Å²) in [6, 6.07) is 7.27. The van der Waals surface area contributed by atoms with E-state index in [2.05, 4.69) is 19.2 Å². The van der Waals surface area contributed by atoms with Crippen LogP contribution < -0.4 is 5.32 Å². The Labute approximate surface area is 116 Å². The summed E-state index contributed by atoms with van der Waals surface area (Å²) < 4.78 is 0. The number of amides is 1. The monoisotopic (exact) mass is 263 g/mol. The first-order chi connectivity index (χ1) is 9.17. The first kappa shape index (κ1) is 15.5. The Hall–Kier alpha value is -1.51. The van der Waals surface area contributed by atoms with E-state index in [1.165, 1.54) is 0 Å². The zero-order chi connectivity index (χ0) is 14.1. The van der Waals surface area contributed by atoms with Gasteiger partial charge in [-0.25, -0.2) is 0 Å². The summed E-state index contributed by atoms with van der Waals surface area (Å²) in [6.45, 7) is 4.29. The van der Waals surface area contributed by atoms with E-state index in [-0.39, 0.29) is 24.1 Å². The highest BCUT2D eigenvalue weighted by Crippen LogP contribution is 2.16. The van der Waals surface area contributed by atoms with Crippen LogP contribution in [0.15, 0.2) is 24.3 Å². The normalized spacial score (nSPS) is 12.1. The van der Waals surface area contributed by atoms with Crippen molar-refractivity contribution in [3.8, 4) is 5.75 Å². The van der Waals surface area contributed by atoms with Gasteiger partial charge in [-0.15, -0.1) is 0 Å². The predicted octanol–water partition coefficient (Wildman–Crippen LogP) is 3.41. The molecule has 0 saturated heterocycles. The van der Waals surface area contributed by atoms with Gasteiger partial charge in [-0.05, 0) is 18.9 Å². The molecule has 0 saturated carbocycles. The minimum absolute atomic E-state index is 0.00365. The van der Waals surface area contributed by atoms with Crippen molar-refractivity contribution in [3.63, 3.8) is 0 Å². The molecular formula is C16H25NO2. The van der Waals surface area contributed by atoms with Gasteiger partial charge in [0.15, 0.2) is 0 Å². The molecule has 1 rings (SSSR count). The highest BCUT2D eigenvalue weighted by molar-refractivity contribution is 5.79. The number of nitrogens with one attached hydrogen (secondary N) is 1. The maximum Gasteiger partial charge on any atom is 0.224 e. The van der Waals surface area contributed by atoms with E-state index in [9.17, 15) is 9.90 Å². The summed E-state index contributed by atoms with van der Waals surface area (Å²) in [6.07, 6.45) is 5.67. The molecule has 2 N–H and O–H groups in total. The third kappa shape index (κ3) is 5.77. The molecule has 0 heterocycles. The van der Waals surface area contributed by atoms with Crippen molar-refractivity contribution in [1.82, 2.24) is 5.32 Å². The second kappa shape index (κ2) is 8.57. The summed E-state index contributed by atoms with van der Waals surface area (Å²) in [4.78, 5) is 12.0. The zero-order valence-electron chi connectivity index (χ0n) is 12.0. The molecule has 0 aliphatic rings. The zero-order valence-corrected chi connectivity index (χ0v) is 12.0. The molecule has 1 unspecified atom stereocenters. The maximum absolute atomic E-state index is 12.0. The Morgan fingerprint density at radius 3 is 2.58 bits per heavy atom. The molecule has 3 heteroatoms. The molecule has 106 valence electrons. The molecule has 0 fully saturated rings. The Morgan fingerprint density at radius 2 is 1.95 bits per heavy atom. The smallest absolute Gasteiger partial charge is 0.224 e. The molecule has 0 aromatic heterocycles. The first-order valence-electron chi connectivity index (χ1n) is 7.23. The minimum Gasteiger partial charge on any atom is -0.508 e. The van der Waals surface area contributed by atoms with Crippen LogP contribution in [0.2, 0.25) is 0 Å². The van der Waals surface area contributed by atoms with E-state index in [1.807, 2.05) is 6.07 Å². The van der Waals surface area contributed by atoms with Gasteiger partial charge in [-0.1, -0.05) is 51.3 Å². The van der Waals surface area contributed by atoms with Crippen molar-refractivity contribution < 1.29 is 9.90 Å². The Kier molecular flexibility index (Phi) is 7.01. The fraction of sp³-hybridized carbons (Fsp3) is 0.562. The van der Waals surface area contributed by atoms with Crippen molar-refractivity contribution in [2.75, 3.05) is 0 Å². The standard InChI is InChI=1S/C16H25NO2/c1-3-5-10-14(8-4-2)17-16(19)12-13-9-6-7-11-15(13)18/h6-7,9,11,14,18H,3-5,8,10,12H2,1-2H3,(H,17,19). The summed E-state index contributed by atoms with van der Waals surface area (Å²) in [7, 11) is 0. The third-order valence-electron chi connectivity index (χ3n) is 3.25. The first-order valence-corrected chi connectivity index (χ1v) is 7.23. The lowest BCUT2D eigenvalue weighted by Gasteiger charge is -2.18. The lowest BCUT2D eigenvalue weighted by Crippen LogP contribution is -2.35. The SMILES string of the molecule is CCCCC(CCC)NC(=O)Cc1ccccc1O. The van der Waals surface area contributed by atoms with Crippen LogP contribution in [0, 0.1) is 0 Å². The van der Waals surface area contributed by atoms with Crippen LogP contribution in [0.25, 0.3) is 0 Å². The summed E-state index contributed by atoms with van der Waals surface area (Å²) >= 11 is 0. The molecule has 1 aromatic carbocycles. The number of phenols is 1. The van der Waals surface area contributed by atoms with Crippen LogP contribution in [0.3, 0.4) is 0 Å². The van der Waals surface area contributed by atoms with Crippen LogP contribution in [-0.2, 0) is 11.2 Å². The lowest BCUT2D eigenvalue weighted by atomic mass is 10.0. The van der Waals surface area contributed by atoms with E-state index in [1.54, 1.807) is 18.2 Å². The van der Waals surface area contributed by atoms with Gasteiger partial charge in [0.05, 0.1) is 6.42 Å². The molecule has 1 aromatic rings. The van der Waals surface area contributed by atoms with E-state index in [4.69, 9.17) is 0 Å². The molecule has 1 amide bonds. The van der Waals surface area contributed by atoms with Crippen LogP contribution in [0.4, 0.5) is 0 Å². The maximum atomic E-state index is 12.0. The van der Waals surface area contributed by atoms with Crippen molar-refractivity contribution in [1.29, 1.82) is 0 Å². The number of phenolic OH excluding ortho intramolecular Hbond substituents is 1. The number of carbonyl (C=O) groups excluding carboxylic acids is 1. The highest BCUT2D eigenvalue weighted by Gasteiger charge is 2.12. The van der Waals surface area contributed by atoms with E-state index >= 15 is 0 Å².